The number of aromatic nitrogens is 5. The maximum atomic E-state index is 12.8. The van der Waals surface area contributed by atoms with E-state index >= 15 is 0 Å². The fourth-order valence-corrected chi connectivity index (χ4v) is 7.22. The first-order valence-electron chi connectivity index (χ1n) is 13.4. The Morgan fingerprint density at radius 1 is 1.24 bits per heavy atom. The minimum atomic E-state index is -3.79. The van der Waals surface area contributed by atoms with Gasteiger partial charge in [-0.3, -0.25) is 9.08 Å². The van der Waals surface area contributed by atoms with Crippen molar-refractivity contribution in [2.45, 2.75) is 43.9 Å². The molecule has 1 aliphatic rings. The van der Waals surface area contributed by atoms with Gasteiger partial charge in [0.05, 0.1) is 41.9 Å². The zero-order chi connectivity index (χ0) is 30.2. The van der Waals surface area contributed by atoms with E-state index in [-0.39, 0.29) is 23.5 Å². The molecule has 0 aliphatic carbocycles. The molecule has 224 valence electrons. The normalized spacial score (nSPS) is 14.3. The van der Waals surface area contributed by atoms with Crippen LogP contribution in [0, 0.1) is 6.92 Å². The van der Waals surface area contributed by atoms with Gasteiger partial charge in [-0.15, -0.1) is 11.3 Å². The number of aliphatic hydroxyl groups excluding tert-OH is 1. The molecule has 4 aromatic heterocycles. The van der Waals surface area contributed by atoms with Crippen LogP contribution in [0.4, 0.5) is 15.6 Å². The molecule has 0 saturated carbocycles. The van der Waals surface area contributed by atoms with E-state index in [1.54, 1.807) is 35.0 Å². The summed E-state index contributed by atoms with van der Waals surface area (Å²) in [6.07, 6.45) is 9.58. The average molecular weight is 615 g/mol. The summed E-state index contributed by atoms with van der Waals surface area (Å²) < 4.78 is 37.3. The maximum Gasteiger partial charge on any atom is 0.410 e. The second-order valence-electron chi connectivity index (χ2n) is 11.0. The lowest BCUT2D eigenvalue weighted by atomic mass is 10.1. The van der Waals surface area contributed by atoms with Gasteiger partial charge in [-0.2, -0.15) is 5.10 Å². The summed E-state index contributed by atoms with van der Waals surface area (Å²) in [5, 5.41) is 17.2. The van der Waals surface area contributed by atoms with E-state index in [0.717, 1.165) is 28.2 Å². The highest BCUT2D eigenvalue weighted by Crippen LogP contribution is 2.35. The van der Waals surface area contributed by atoms with Gasteiger partial charge in [0.1, 0.15) is 9.81 Å². The van der Waals surface area contributed by atoms with Crippen molar-refractivity contribution in [1.82, 2.24) is 33.8 Å². The number of aryl methyl sites for hydroxylation is 2. The Morgan fingerprint density at radius 2 is 2.02 bits per heavy atom. The molecule has 4 aromatic rings. The molecule has 1 aliphatic heterocycles. The number of imidazole rings is 1. The van der Waals surface area contributed by atoms with Gasteiger partial charge in [0.2, 0.25) is 10.0 Å². The second kappa shape index (κ2) is 11.5. The molecule has 13 nitrogen and oxygen atoms in total. The molecular weight excluding hydrogens is 580 g/mol. The highest BCUT2D eigenvalue weighted by atomic mass is 32.2. The van der Waals surface area contributed by atoms with Crippen molar-refractivity contribution in [3.8, 4) is 11.3 Å². The third-order valence-corrected chi connectivity index (χ3v) is 9.64. The van der Waals surface area contributed by atoms with Gasteiger partial charge < -0.3 is 20.1 Å². The van der Waals surface area contributed by atoms with Crippen LogP contribution in [0.5, 0.6) is 0 Å². The molecule has 0 aromatic carbocycles. The molecule has 0 fully saturated rings. The lowest BCUT2D eigenvalue weighted by Gasteiger charge is -2.30. The summed E-state index contributed by atoms with van der Waals surface area (Å²) in [6.45, 7) is 7.70. The van der Waals surface area contributed by atoms with Gasteiger partial charge in [0.15, 0.2) is 11.5 Å². The number of thiophene rings is 1. The smallest absolute Gasteiger partial charge is 0.410 e. The fourth-order valence-electron chi connectivity index (χ4n) is 4.56. The van der Waals surface area contributed by atoms with Gasteiger partial charge in [0, 0.05) is 38.1 Å². The Morgan fingerprint density at radius 3 is 2.71 bits per heavy atom. The van der Waals surface area contributed by atoms with Crippen LogP contribution in [0.3, 0.4) is 0 Å². The van der Waals surface area contributed by atoms with Crippen LogP contribution >= 0.6 is 11.3 Å². The molecule has 5 heterocycles. The molecule has 42 heavy (non-hydrogen) atoms. The standard InChI is InChI=1S/C27H34N8O5S2/c1-17-11-22(41-25(17)42(38,39)30-8-10-36)32-23-24-28-13-21(19-12-29-33(5)14-19)35(24)16-20(31-23)18-7-6-9-34(15-18)26(37)40-27(2,3)4/h7,11-14,16,30,36H,6,8-10,15H2,1-5H3,(H,31,32). The van der Waals surface area contributed by atoms with E-state index in [0.29, 0.717) is 47.2 Å². The number of sulfonamides is 1. The van der Waals surface area contributed by atoms with Crippen LogP contribution in [0.2, 0.25) is 0 Å². The highest BCUT2D eigenvalue weighted by molar-refractivity contribution is 7.91. The number of hydrogen-bond acceptors (Lipinski definition) is 10. The van der Waals surface area contributed by atoms with E-state index < -0.39 is 15.6 Å². The number of carbonyl (C=O) groups excluding carboxylic acids is 1. The summed E-state index contributed by atoms with van der Waals surface area (Å²) in [5.74, 6) is 0.423. The molecule has 1 amide bonds. The summed E-state index contributed by atoms with van der Waals surface area (Å²) in [5.41, 5.74) is 3.62. The maximum absolute atomic E-state index is 12.8. The number of ether oxygens (including phenoxy) is 1. The van der Waals surface area contributed by atoms with Crippen LogP contribution in [-0.4, -0.2) is 80.5 Å². The molecule has 15 heteroatoms. The summed E-state index contributed by atoms with van der Waals surface area (Å²) in [6, 6.07) is 1.73. The minimum Gasteiger partial charge on any atom is -0.444 e. The molecule has 0 bridgehead atoms. The van der Waals surface area contributed by atoms with Crippen molar-refractivity contribution in [3.05, 3.63) is 48.2 Å². The van der Waals surface area contributed by atoms with Crippen LogP contribution in [0.1, 0.15) is 38.4 Å². The zero-order valence-corrected chi connectivity index (χ0v) is 25.7. The number of hydrogen-bond donors (Lipinski definition) is 3. The van der Waals surface area contributed by atoms with Crippen LogP contribution in [0.15, 0.2) is 41.1 Å². The van der Waals surface area contributed by atoms with Crippen molar-refractivity contribution in [2.24, 2.45) is 7.05 Å². The third-order valence-electron chi connectivity index (χ3n) is 6.39. The number of anilines is 2. The van der Waals surface area contributed by atoms with Crippen molar-refractivity contribution in [1.29, 1.82) is 0 Å². The van der Waals surface area contributed by atoms with E-state index in [1.165, 1.54) is 0 Å². The largest absolute Gasteiger partial charge is 0.444 e. The number of nitrogens with zero attached hydrogens (tertiary/aromatic N) is 6. The first-order valence-corrected chi connectivity index (χ1v) is 15.7. The van der Waals surface area contributed by atoms with Crippen LogP contribution < -0.4 is 10.0 Å². The number of aliphatic hydroxyl groups is 1. The lowest BCUT2D eigenvalue weighted by Crippen LogP contribution is -2.39. The van der Waals surface area contributed by atoms with E-state index in [2.05, 4.69) is 26.2 Å². The minimum absolute atomic E-state index is 0.0761. The number of amides is 1. The molecular formula is C27H34N8O5S2. The number of carbonyl (C=O) groups is 1. The Balaban J connectivity index is 1.55. The molecule has 0 unspecified atom stereocenters. The SMILES string of the molecule is Cc1cc(Nc2nc(C3=CCCN(C(=O)OC(C)(C)C)C3)cn3c(-c4cnn(C)c4)cnc23)sc1S(=O)(=O)NCCO. The van der Waals surface area contributed by atoms with Crippen LogP contribution in [-0.2, 0) is 21.8 Å². The van der Waals surface area contributed by atoms with Gasteiger partial charge in [-0.1, -0.05) is 6.08 Å². The van der Waals surface area contributed by atoms with Gasteiger partial charge in [-0.25, -0.2) is 27.9 Å². The Kier molecular flexibility index (Phi) is 8.11. The number of fused-ring (bicyclic) bond motifs is 1. The Hall–Kier alpha value is -3.79. The van der Waals surface area contributed by atoms with E-state index in [9.17, 15) is 13.2 Å². The Labute approximate surface area is 247 Å². The van der Waals surface area contributed by atoms with Gasteiger partial charge >= 0.3 is 6.09 Å². The predicted octanol–water partition coefficient (Wildman–Crippen LogP) is 3.54. The highest BCUT2D eigenvalue weighted by Gasteiger charge is 2.27. The lowest BCUT2D eigenvalue weighted by molar-refractivity contribution is 0.0273. The summed E-state index contributed by atoms with van der Waals surface area (Å²) in [4.78, 5) is 24.0. The quantitative estimate of drug-likeness (QED) is 0.270. The van der Waals surface area contributed by atoms with Crippen molar-refractivity contribution < 1.29 is 23.1 Å². The summed E-state index contributed by atoms with van der Waals surface area (Å²) in [7, 11) is -1.95. The molecule has 0 spiro atoms. The molecule has 3 N–H and O–H groups in total. The van der Waals surface area contributed by atoms with Crippen LogP contribution in [0.25, 0.3) is 22.5 Å². The van der Waals surface area contributed by atoms with Crippen molar-refractivity contribution >= 4 is 49.5 Å². The molecule has 5 rings (SSSR count). The number of nitrogens with one attached hydrogen (secondary N) is 2. The first kappa shape index (κ1) is 29.7. The monoisotopic (exact) mass is 614 g/mol. The van der Waals surface area contributed by atoms with E-state index in [4.69, 9.17) is 14.8 Å². The summed E-state index contributed by atoms with van der Waals surface area (Å²) >= 11 is 1.06. The second-order valence-corrected chi connectivity index (χ2v) is 14.0. The van der Waals surface area contributed by atoms with Gasteiger partial charge in [0.25, 0.3) is 0 Å². The van der Waals surface area contributed by atoms with E-state index in [1.807, 2.05) is 44.6 Å². The third kappa shape index (κ3) is 6.33. The predicted molar refractivity (Wildman–Crippen MR) is 160 cm³/mol. The van der Waals surface area contributed by atoms with Crippen molar-refractivity contribution in [2.75, 3.05) is 31.6 Å². The molecule has 0 atom stereocenters. The van der Waals surface area contributed by atoms with Gasteiger partial charge in [-0.05, 0) is 51.3 Å². The average Bonchev–Trinajstić information content (AvgIpc) is 3.65. The first-order chi connectivity index (χ1) is 19.8. The fraction of sp³-hybridized carbons (Fsp3) is 0.407. The topological polar surface area (TPSA) is 156 Å². The Bertz CT molecular complexity index is 1760. The molecule has 0 radical (unpaired) electrons. The molecule has 0 saturated heterocycles. The zero-order valence-electron chi connectivity index (χ0n) is 24.1. The van der Waals surface area contributed by atoms with Crippen molar-refractivity contribution in [3.63, 3.8) is 0 Å². The number of rotatable bonds is 8.